The summed E-state index contributed by atoms with van der Waals surface area (Å²) in [6, 6.07) is 10.5. The van der Waals surface area contributed by atoms with E-state index in [-0.39, 0.29) is 11.8 Å². The van der Waals surface area contributed by atoms with Crippen LogP contribution in [0, 0.1) is 5.82 Å². The number of nitrogens with zero attached hydrogens (tertiary/aromatic N) is 2. The lowest BCUT2D eigenvalue weighted by molar-refractivity contribution is 0.232. The molecule has 1 fully saturated rings. The molecule has 1 saturated heterocycles. The molecule has 0 aliphatic carbocycles. The van der Waals surface area contributed by atoms with Crippen LogP contribution in [0.1, 0.15) is 4.88 Å². The number of nitrogens with one attached hydrogen (secondary N) is 2. The molecule has 0 saturated carbocycles. The molecule has 3 rings (SSSR count). The van der Waals surface area contributed by atoms with Gasteiger partial charge in [-0.3, -0.25) is 4.90 Å². The smallest absolute Gasteiger partial charge is 0.315 e. The standard InChI is InChI=1S/C18H23FN4OS/c19-15-3-5-16(6-4-15)23-11-9-22(10-12-23)8-7-20-18(24)21-14-17-2-1-13-25-17/h1-6,13H,7-12,14H2,(H2,20,21,24). The Morgan fingerprint density at radius 1 is 1.08 bits per heavy atom. The van der Waals surface area contributed by atoms with E-state index in [1.807, 2.05) is 29.6 Å². The highest BCUT2D eigenvalue weighted by molar-refractivity contribution is 7.09. The topological polar surface area (TPSA) is 47.6 Å². The summed E-state index contributed by atoms with van der Waals surface area (Å²) in [5, 5.41) is 7.76. The van der Waals surface area contributed by atoms with E-state index in [0.717, 1.165) is 43.3 Å². The number of hydrogen-bond acceptors (Lipinski definition) is 4. The molecule has 1 aliphatic rings. The maximum absolute atomic E-state index is 13.0. The zero-order chi connectivity index (χ0) is 17.5. The average Bonchev–Trinajstić information content (AvgIpc) is 3.15. The zero-order valence-electron chi connectivity index (χ0n) is 14.1. The van der Waals surface area contributed by atoms with Gasteiger partial charge in [0.15, 0.2) is 0 Å². The van der Waals surface area contributed by atoms with Crippen molar-refractivity contribution < 1.29 is 9.18 Å². The molecule has 0 unspecified atom stereocenters. The van der Waals surface area contributed by atoms with Crippen molar-refractivity contribution in [2.24, 2.45) is 0 Å². The van der Waals surface area contributed by atoms with Gasteiger partial charge in [0.25, 0.3) is 0 Å². The molecular weight excluding hydrogens is 339 g/mol. The molecule has 2 N–H and O–H groups in total. The minimum absolute atomic E-state index is 0.127. The summed E-state index contributed by atoms with van der Waals surface area (Å²) >= 11 is 1.63. The highest BCUT2D eigenvalue weighted by atomic mass is 32.1. The molecule has 1 aromatic carbocycles. The molecule has 7 heteroatoms. The molecule has 0 radical (unpaired) electrons. The number of halogens is 1. The van der Waals surface area contributed by atoms with E-state index in [2.05, 4.69) is 20.4 Å². The Bertz CT molecular complexity index is 654. The summed E-state index contributed by atoms with van der Waals surface area (Å²) < 4.78 is 13.0. The number of hydrogen-bond donors (Lipinski definition) is 2. The quantitative estimate of drug-likeness (QED) is 0.830. The van der Waals surface area contributed by atoms with E-state index >= 15 is 0 Å². The van der Waals surface area contributed by atoms with E-state index in [0.29, 0.717) is 13.1 Å². The maximum Gasteiger partial charge on any atom is 0.315 e. The lowest BCUT2D eigenvalue weighted by Crippen LogP contribution is -2.49. The molecule has 0 bridgehead atoms. The van der Waals surface area contributed by atoms with Crippen LogP contribution in [-0.2, 0) is 6.54 Å². The van der Waals surface area contributed by atoms with Gasteiger partial charge < -0.3 is 15.5 Å². The summed E-state index contributed by atoms with van der Waals surface area (Å²) in [6.45, 7) is 5.74. The predicted molar refractivity (Wildman–Crippen MR) is 99.6 cm³/mol. The highest BCUT2D eigenvalue weighted by Gasteiger charge is 2.17. The number of anilines is 1. The SMILES string of the molecule is O=C(NCCN1CCN(c2ccc(F)cc2)CC1)NCc1cccs1. The van der Waals surface area contributed by atoms with Crippen LogP contribution in [0.15, 0.2) is 41.8 Å². The van der Waals surface area contributed by atoms with Gasteiger partial charge in [0, 0.05) is 49.8 Å². The Morgan fingerprint density at radius 3 is 2.52 bits per heavy atom. The fourth-order valence-electron chi connectivity index (χ4n) is 2.85. The summed E-state index contributed by atoms with van der Waals surface area (Å²) in [5.74, 6) is -0.203. The first-order valence-electron chi connectivity index (χ1n) is 8.48. The molecule has 2 aromatic rings. The number of carbonyl (C=O) groups excluding carboxylic acids is 1. The Morgan fingerprint density at radius 2 is 1.84 bits per heavy atom. The monoisotopic (exact) mass is 362 g/mol. The van der Waals surface area contributed by atoms with Crippen molar-refractivity contribution in [2.45, 2.75) is 6.54 Å². The van der Waals surface area contributed by atoms with Crippen LogP contribution in [0.2, 0.25) is 0 Å². The maximum atomic E-state index is 13.0. The molecule has 0 spiro atoms. The van der Waals surface area contributed by atoms with Crippen molar-refractivity contribution in [1.82, 2.24) is 15.5 Å². The van der Waals surface area contributed by atoms with Crippen molar-refractivity contribution in [3.8, 4) is 0 Å². The van der Waals surface area contributed by atoms with Gasteiger partial charge in [0.2, 0.25) is 0 Å². The minimum Gasteiger partial charge on any atom is -0.369 e. The number of carbonyl (C=O) groups is 1. The van der Waals surface area contributed by atoms with Crippen LogP contribution < -0.4 is 15.5 Å². The van der Waals surface area contributed by atoms with Crippen molar-refractivity contribution in [3.05, 3.63) is 52.5 Å². The number of urea groups is 1. The Balaban J connectivity index is 1.31. The third-order valence-corrected chi connectivity index (χ3v) is 5.16. The van der Waals surface area contributed by atoms with Crippen LogP contribution in [0.5, 0.6) is 0 Å². The van der Waals surface area contributed by atoms with Gasteiger partial charge in [-0.15, -0.1) is 11.3 Å². The Labute approximate surface area is 151 Å². The molecule has 1 aromatic heterocycles. The molecule has 134 valence electrons. The zero-order valence-corrected chi connectivity index (χ0v) is 14.9. The van der Waals surface area contributed by atoms with Crippen molar-refractivity contribution in [2.75, 3.05) is 44.2 Å². The van der Waals surface area contributed by atoms with E-state index in [9.17, 15) is 9.18 Å². The van der Waals surface area contributed by atoms with Gasteiger partial charge in [-0.1, -0.05) is 6.07 Å². The highest BCUT2D eigenvalue weighted by Crippen LogP contribution is 2.16. The molecule has 5 nitrogen and oxygen atoms in total. The van der Waals surface area contributed by atoms with Gasteiger partial charge in [0.1, 0.15) is 5.82 Å². The van der Waals surface area contributed by atoms with E-state index in [1.165, 1.54) is 12.1 Å². The fraction of sp³-hybridized carbons (Fsp3) is 0.389. The van der Waals surface area contributed by atoms with Gasteiger partial charge in [-0.25, -0.2) is 9.18 Å². The normalized spacial score (nSPS) is 15.2. The summed E-state index contributed by atoms with van der Waals surface area (Å²) in [4.78, 5) is 17.5. The van der Waals surface area contributed by atoms with Gasteiger partial charge >= 0.3 is 6.03 Å². The van der Waals surface area contributed by atoms with Gasteiger partial charge in [0.05, 0.1) is 6.54 Å². The van der Waals surface area contributed by atoms with Crippen molar-refractivity contribution in [1.29, 1.82) is 0 Å². The Hall–Kier alpha value is -2.12. The summed E-state index contributed by atoms with van der Waals surface area (Å²) in [7, 11) is 0. The number of amides is 2. The minimum atomic E-state index is -0.203. The van der Waals surface area contributed by atoms with E-state index < -0.39 is 0 Å². The van der Waals surface area contributed by atoms with Crippen LogP contribution in [0.25, 0.3) is 0 Å². The third-order valence-electron chi connectivity index (χ3n) is 4.28. The number of thiophene rings is 1. The summed E-state index contributed by atoms with van der Waals surface area (Å²) in [5.41, 5.74) is 1.06. The second-order valence-electron chi connectivity index (χ2n) is 5.99. The summed E-state index contributed by atoms with van der Waals surface area (Å²) in [6.07, 6.45) is 0. The Kier molecular flexibility index (Phi) is 6.25. The molecule has 2 heterocycles. The number of benzene rings is 1. The first kappa shape index (κ1) is 17.7. The van der Waals surface area contributed by atoms with E-state index in [1.54, 1.807) is 11.3 Å². The van der Waals surface area contributed by atoms with Crippen molar-refractivity contribution >= 4 is 23.1 Å². The van der Waals surface area contributed by atoms with E-state index in [4.69, 9.17) is 0 Å². The predicted octanol–water partition coefficient (Wildman–Crippen LogP) is 2.51. The van der Waals surface area contributed by atoms with Crippen LogP contribution in [-0.4, -0.2) is 50.2 Å². The molecule has 1 aliphatic heterocycles. The van der Waals surface area contributed by atoms with Crippen molar-refractivity contribution in [3.63, 3.8) is 0 Å². The molecule has 25 heavy (non-hydrogen) atoms. The second-order valence-corrected chi connectivity index (χ2v) is 7.03. The van der Waals surface area contributed by atoms with Gasteiger partial charge in [-0.05, 0) is 35.7 Å². The fourth-order valence-corrected chi connectivity index (χ4v) is 3.50. The molecule has 0 atom stereocenters. The largest absolute Gasteiger partial charge is 0.369 e. The van der Waals surface area contributed by atoms with Crippen LogP contribution in [0.3, 0.4) is 0 Å². The average molecular weight is 362 g/mol. The van der Waals surface area contributed by atoms with Gasteiger partial charge in [-0.2, -0.15) is 0 Å². The lowest BCUT2D eigenvalue weighted by atomic mass is 10.2. The number of piperazine rings is 1. The lowest BCUT2D eigenvalue weighted by Gasteiger charge is -2.36. The first-order valence-corrected chi connectivity index (χ1v) is 9.35. The second kappa shape index (κ2) is 8.82. The number of rotatable bonds is 6. The van der Waals surface area contributed by atoms with Crippen LogP contribution in [0.4, 0.5) is 14.9 Å². The molecule has 2 amide bonds. The first-order chi connectivity index (χ1) is 12.2. The third kappa shape index (κ3) is 5.44. The van der Waals surface area contributed by atoms with Crippen LogP contribution >= 0.6 is 11.3 Å². The molecular formula is C18H23FN4OS.